The largest absolute Gasteiger partial charge is 0.464 e. The monoisotopic (exact) mass is 358 g/mol. The normalized spacial score (nSPS) is 11.6. The van der Waals surface area contributed by atoms with Gasteiger partial charge in [0, 0.05) is 10.5 Å². The van der Waals surface area contributed by atoms with Crippen molar-refractivity contribution >= 4 is 31.6 Å². The van der Waals surface area contributed by atoms with E-state index in [2.05, 4.69) is 20.7 Å². The van der Waals surface area contributed by atoms with Gasteiger partial charge in [-0.3, -0.25) is 4.72 Å². The maximum atomic E-state index is 12.4. The number of benzene rings is 1. The van der Waals surface area contributed by atoms with Crippen molar-refractivity contribution < 1.29 is 12.8 Å². The van der Waals surface area contributed by atoms with Crippen LogP contribution in [-0.4, -0.2) is 8.42 Å². The molecule has 1 aromatic heterocycles. The van der Waals surface area contributed by atoms with Crippen LogP contribution in [0.4, 0.5) is 5.69 Å². The van der Waals surface area contributed by atoms with Crippen molar-refractivity contribution in [3.63, 3.8) is 0 Å². The van der Waals surface area contributed by atoms with Crippen LogP contribution in [-0.2, 0) is 16.6 Å². The number of rotatable bonds is 4. The van der Waals surface area contributed by atoms with Gasteiger partial charge in [-0.1, -0.05) is 12.1 Å². The third kappa shape index (κ3) is 2.89. The first-order valence-electron chi connectivity index (χ1n) is 5.92. The second-order valence-electron chi connectivity index (χ2n) is 4.38. The molecule has 0 radical (unpaired) electrons. The van der Waals surface area contributed by atoms with Crippen molar-refractivity contribution in [1.82, 2.24) is 0 Å². The van der Waals surface area contributed by atoms with E-state index in [9.17, 15) is 8.42 Å². The van der Waals surface area contributed by atoms with E-state index in [0.717, 1.165) is 5.56 Å². The molecule has 7 heteroatoms. The molecule has 108 valence electrons. The van der Waals surface area contributed by atoms with E-state index >= 15 is 0 Å². The average Bonchev–Trinajstić information content (AvgIpc) is 2.77. The number of nitrogens with two attached hydrogens (primary N) is 1. The van der Waals surface area contributed by atoms with Gasteiger partial charge in [0.2, 0.25) is 0 Å². The van der Waals surface area contributed by atoms with Crippen LogP contribution in [0.25, 0.3) is 0 Å². The molecule has 0 amide bonds. The zero-order chi connectivity index (χ0) is 14.9. The summed E-state index contributed by atoms with van der Waals surface area (Å²) in [5.74, 6) is 0.757. The Morgan fingerprint density at radius 3 is 2.65 bits per heavy atom. The summed E-state index contributed by atoms with van der Waals surface area (Å²) in [6.07, 6.45) is 0. The van der Waals surface area contributed by atoms with Crippen molar-refractivity contribution in [3.05, 3.63) is 45.8 Å². The Balaban J connectivity index is 2.40. The van der Waals surface area contributed by atoms with Gasteiger partial charge in [-0.2, -0.15) is 0 Å². The molecule has 1 aromatic carbocycles. The molecule has 1 heterocycles. The molecule has 0 aliphatic rings. The highest BCUT2D eigenvalue weighted by Crippen LogP contribution is 2.29. The Morgan fingerprint density at radius 1 is 1.35 bits per heavy atom. The van der Waals surface area contributed by atoms with E-state index in [4.69, 9.17) is 10.2 Å². The Hall–Kier alpha value is -1.31. The molecule has 2 aromatic rings. The smallest absolute Gasteiger partial charge is 0.265 e. The van der Waals surface area contributed by atoms with Crippen molar-refractivity contribution in [2.45, 2.75) is 25.3 Å². The minimum Gasteiger partial charge on any atom is -0.464 e. The molecule has 5 nitrogen and oxygen atoms in total. The molecule has 0 saturated carbocycles. The van der Waals surface area contributed by atoms with Crippen LogP contribution >= 0.6 is 15.9 Å². The van der Waals surface area contributed by atoms with E-state index in [1.54, 1.807) is 19.1 Å². The second kappa shape index (κ2) is 5.59. The summed E-state index contributed by atoms with van der Waals surface area (Å²) in [7, 11) is -3.70. The molecule has 0 aliphatic carbocycles. The molecule has 20 heavy (non-hydrogen) atoms. The highest BCUT2D eigenvalue weighted by Gasteiger charge is 2.22. The minimum atomic E-state index is -3.70. The first-order valence-corrected chi connectivity index (χ1v) is 8.20. The van der Waals surface area contributed by atoms with Crippen molar-refractivity contribution in [1.29, 1.82) is 0 Å². The number of aryl methyl sites for hydroxylation is 2. The Bertz CT molecular complexity index is 738. The van der Waals surface area contributed by atoms with Crippen LogP contribution in [0.5, 0.6) is 0 Å². The first kappa shape index (κ1) is 15.1. The quantitative estimate of drug-likeness (QED) is 0.879. The summed E-state index contributed by atoms with van der Waals surface area (Å²) >= 11 is 3.37. The summed E-state index contributed by atoms with van der Waals surface area (Å²) in [6.45, 7) is 3.64. The summed E-state index contributed by atoms with van der Waals surface area (Å²) in [4.78, 5) is 0.103. The van der Waals surface area contributed by atoms with Crippen molar-refractivity contribution in [2.75, 3.05) is 4.72 Å². The van der Waals surface area contributed by atoms with E-state index in [-0.39, 0.29) is 11.4 Å². The number of halogens is 1. The molecule has 2 rings (SSSR count). The number of anilines is 1. The molecule has 0 atom stereocenters. The van der Waals surface area contributed by atoms with Gasteiger partial charge in [-0.25, -0.2) is 8.42 Å². The fourth-order valence-electron chi connectivity index (χ4n) is 1.82. The van der Waals surface area contributed by atoms with Gasteiger partial charge in [0.1, 0.15) is 16.4 Å². The lowest BCUT2D eigenvalue weighted by Crippen LogP contribution is -2.13. The predicted octanol–water partition coefficient (Wildman–Crippen LogP) is 2.92. The van der Waals surface area contributed by atoms with Gasteiger partial charge in [0.15, 0.2) is 0 Å². The molecule has 0 bridgehead atoms. The Labute approximate surface area is 126 Å². The molecule has 0 aliphatic heterocycles. The second-order valence-corrected chi connectivity index (χ2v) is 6.82. The van der Waals surface area contributed by atoms with Gasteiger partial charge in [0.25, 0.3) is 10.0 Å². The number of hydrogen-bond donors (Lipinski definition) is 2. The fraction of sp³-hybridized carbons (Fsp3) is 0.231. The van der Waals surface area contributed by atoms with Crippen LogP contribution in [0, 0.1) is 13.8 Å². The van der Waals surface area contributed by atoms with E-state index in [0.29, 0.717) is 21.7 Å². The lowest BCUT2D eigenvalue weighted by Gasteiger charge is -2.10. The van der Waals surface area contributed by atoms with Crippen LogP contribution in [0.1, 0.15) is 17.1 Å². The summed E-state index contributed by atoms with van der Waals surface area (Å²) in [5.41, 5.74) is 6.88. The lowest BCUT2D eigenvalue weighted by molar-refractivity contribution is 0.479. The van der Waals surface area contributed by atoms with E-state index in [1.165, 1.54) is 6.07 Å². The molecule has 0 fully saturated rings. The molecular weight excluding hydrogens is 344 g/mol. The number of sulfonamides is 1. The molecule has 3 N–H and O–H groups in total. The van der Waals surface area contributed by atoms with Crippen LogP contribution in [0.2, 0.25) is 0 Å². The zero-order valence-corrected chi connectivity index (χ0v) is 13.5. The summed E-state index contributed by atoms with van der Waals surface area (Å²) < 4.78 is 33.3. The van der Waals surface area contributed by atoms with Gasteiger partial charge in [-0.05, 0) is 41.4 Å². The third-order valence-corrected chi connectivity index (χ3v) is 5.38. The minimum absolute atomic E-state index is 0.103. The average molecular weight is 359 g/mol. The zero-order valence-electron chi connectivity index (χ0n) is 11.1. The van der Waals surface area contributed by atoms with Gasteiger partial charge in [-0.15, -0.1) is 0 Å². The van der Waals surface area contributed by atoms with E-state index in [1.807, 2.05) is 13.0 Å². The molecular formula is C13H15BrN2O3S. The van der Waals surface area contributed by atoms with Gasteiger partial charge in [0.05, 0.1) is 12.2 Å². The van der Waals surface area contributed by atoms with Crippen LogP contribution < -0.4 is 10.5 Å². The fourth-order valence-corrected chi connectivity index (χ4v) is 3.59. The SMILES string of the molecule is Cc1cccc(NS(=O)(=O)c2cc(CN)oc2C)c1Br. The number of furan rings is 1. The summed E-state index contributed by atoms with van der Waals surface area (Å²) in [6, 6.07) is 6.80. The molecule has 0 saturated heterocycles. The van der Waals surface area contributed by atoms with Crippen molar-refractivity contribution in [3.8, 4) is 0 Å². The highest BCUT2D eigenvalue weighted by atomic mass is 79.9. The summed E-state index contributed by atoms with van der Waals surface area (Å²) in [5, 5.41) is 0. The lowest BCUT2D eigenvalue weighted by atomic mass is 10.2. The van der Waals surface area contributed by atoms with Crippen LogP contribution in [0.15, 0.2) is 38.1 Å². The third-order valence-electron chi connectivity index (χ3n) is 2.85. The van der Waals surface area contributed by atoms with E-state index < -0.39 is 10.0 Å². The predicted molar refractivity (Wildman–Crippen MR) is 81.0 cm³/mol. The standard InChI is InChI=1S/C13H15BrN2O3S/c1-8-4-3-5-11(13(8)14)16-20(17,18)12-6-10(7-15)19-9(12)2/h3-6,16H,7,15H2,1-2H3. The first-order chi connectivity index (χ1) is 9.35. The van der Waals surface area contributed by atoms with Gasteiger partial charge < -0.3 is 10.2 Å². The number of hydrogen-bond acceptors (Lipinski definition) is 4. The number of nitrogens with one attached hydrogen (secondary N) is 1. The Morgan fingerprint density at radius 2 is 2.05 bits per heavy atom. The maximum Gasteiger partial charge on any atom is 0.265 e. The molecule has 0 spiro atoms. The topological polar surface area (TPSA) is 85.3 Å². The highest BCUT2D eigenvalue weighted by molar-refractivity contribution is 9.10. The van der Waals surface area contributed by atoms with Crippen molar-refractivity contribution in [2.24, 2.45) is 5.73 Å². The van der Waals surface area contributed by atoms with Crippen LogP contribution in [0.3, 0.4) is 0 Å². The van der Waals surface area contributed by atoms with Gasteiger partial charge >= 0.3 is 0 Å². The maximum absolute atomic E-state index is 12.4. The Kier molecular flexibility index (Phi) is 4.22. The molecule has 0 unspecified atom stereocenters.